The summed E-state index contributed by atoms with van der Waals surface area (Å²) < 4.78 is 4.79. The maximum atomic E-state index is 11.9. The molecule has 1 aliphatic rings. The fraction of sp³-hybridized carbons (Fsp3) is 0.769. The second-order valence-electron chi connectivity index (χ2n) is 4.68. The number of esters is 1. The van der Waals surface area contributed by atoms with Gasteiger partial charge in [-0.15, -0.1) is 0 Å². The SMILES string of the molecule is CCOC(=O)CCC(=O)N1CCCC(NC(C)=O)C1. The Hall–Kier alpha value is -1.59. The number of piperidine rings is 1. The van der Waals surface area contributed by atoms with Crippen molar-refractivity contribution in [3.8, 4) is 0 Å². The minimum Gasteiger partial charge on any atom is -0.466 e. The summed E-state index contributed by atoms with van der Waals surface area (Å²) in [7, 11) is 0. The maximum absolute atomic E-state index is 11.9. The van der Waals surface area contributed by atoms with E-state index in [1.165, 1.54) is 6.92 Å². The van der Waals surface area contributed by atoms with Gasteiger partial charge in [-0.1, -0.05) is 0 Å². The predicted octanol–water partition coefficient (Wildman–Crippen LogP) is 0.457. The Morgan fingerprint density at radius 1 is 1.32 bits per heavy atom. The molecule has 1 unspecified atom stereocenters. The Labute approximate surface area is 113 Å². The van der Waals surface area contributed by atoms with Gasteiger partial charge in [0.05, 0.1) is 13.0 Å². The van der Waals surface area contributed by atoms with Crippen LogP contribution in [0.4, 0.5) is 0 Å². The summed E-state index contributed by atoms with van der Waals surface area (Å²) >= 11 is 0. The first-order chi connectivity index (χ1) is 9.02. The van der Waals surface area contributed by atoms with Gasteiger partial charge in [0.1, 0.15) is 0 Å². The molecule has 1 fully saturated rings. The number of amides is 2. The number of ether oxygens (including phenoxy) is 1. The molecular weight excluding hydrogens is 248 g/mol. The van der Waals surface area contributed by atoms with Gasteiger partial charge < -0.3 is 15.0 Å². The minimum absolute atomic E-state index is 0.0257. The summed E-state index contributed by atoms with van der Waals surface area (Å²) in [4.78, 5) is 35.8. The molecule has 2 amide bonds. The molecule has 0 aromatic rings. The van der Waals surface area contributed by atoms with Crippen LogP contribution in [-0.2, 0) is 19.1 Å². The quantitative estimate of drug-likeness (QED) is 0.736. The molecule has 1 heterocycles. The van der Waals surface area contributed by atoms with Gasteiger partial charge in [-0.05, 0) is 19.8 Å². The summed E-state index contributed by atoms with van der Waals surface area (Å²) in [6, 6.07) is 0.0257. The smallest absolute Gasteiger partial charge is 0.306 e. The first-order valence-corrected chi connectivity index (χ1v) is 6.73. The Morgan fingerprint density at radius 3 is 2.68 bits per heavy atom. The molecule has 0 radical (unpaired) electrons. The van der Waals surface area contributed by atoms with Crippen LogP contribution in [0.25, 0.3) is 0 Å². The molecule has 19 heavy (non-hydrogen) atoms. The van der Waals surface area contributed by atoms with Crippen LogP contribution < -0.4 is 5.32 Å². The zero-order valence-corrected chi connectivity index (χ0v) is 11.6. The lowest BCUT2D eigenvalue weighted by atomic mass is 10.1. The largest absolute Gasteiger partial charge is 0.466 e. The van der Waals surface area contributed by atoms with E-state index in [0.29, 0.717) is 19.7 Å². The van der Waals surface area contributed by atoms with Gasteiger partial charge in [0.25, 0.3) is 0 Å². The fourth-order valence-electron chi connectivity index (χ4n) is 2.21. The minimum atomic E-state index is -0.341. The molecule has 6 heteroatoms. The maximum Gasteiger partial charge on any atom is 0.306 e. The number of nitrogens with one attached hydrogen (secondary N) is 1. The van der Waals surface area contributed by atoms with Crippen molar-refractivity contribution < 1.29 is 19.1 Å². The monoisotopic (exact) mass is 270 g/mol. The zero-order valence-electron chi connectivity index (χ0n) is 11.6. The third-order valence-corrected chi connectivity index (χ3v) is 3.03. The molecule has 0 aromatic carbocycles. The first kappa shape index (κ1) is 15.5. The van der Waals surface area contributed by atoms with Gasteiger partial charge in [-0.25, -0.2) is 0 Å². The highest BCUT2D eigenvalue weighted by molar-refractivity contribution is 5.81. The number of carbonyl (C=O) groups is 3. The van der Waals surface area contributed by atoms with E-state index < -0.39 is 0 Å². The van der Waals surface area contributed by atoms with E-state index in [1.807, 2.05) is 0 Å². The third kappa shape index (κ3) is 5.72. The van der Waals surface area contributed by atoms with Crippen molar-refractivity contribution in [2.24, 2.45) is 0 Å². The second kappa shape index (κ2) is 7.76. The highest BCUT2D eigenvalue weighted by atomic mass is 16.5. The molecule has 1 rings (SSSR count). The lowest BCUT2D eigenvalue weighted by Gasteiger charge is -2.33. The highest BCUT2D eigenvalue weighted by Crippen LogP contribution is 2.12. The van der Waals surface area contributed by atoms with E-state index in [9.17, 15) is 14.4 Å². The van der Waals surface area contributed by atoms with Gasteiger partial charge in [0, 0.05) is 32.5 Å². The van der Waals surface area contributed by atoms with Crippen molar-refractivity contribution in [2.45, 2.75) is 45.6 Å². The Kier molecular flexibility index (Phi) is 6.32. The van der Waals surface area contributed by atoms with Gasteiger partial charge in [0.2, 0.25) is 11.8 Å². The van der Waals surface area contributed by atoms with Crippen molar-refractivity contribution in [3.05, 3.63) is 0 Å². The van der Waals surface area contributed by atoms with Gasteiger partial charge >= 0.3 is 5.97 Å². The molecule has 0 saturated carbocycles. The van der Waals surface area contributed by atoms with Crippen LogP contribution in [0.15, 0.2) is 0 Å². The Balaban J connectivity index is 2.35. The summed E-state index contributed by atoms with van der Waals surface area (Å²) in [5.74, 6) is -0.472. The standard InChI is InChI=1S/C13H22N2O4/c1-3-19-13(18)7-6-12(17)15-8-4-5-11(9-15)14-10(2)16/h11H,3-9H2,1-2H3,(H,14,16). The number of hydrogen-bond acceptors (Lipinski definition) is 4. The number of nitrogens with zero attached hydrogens (tertiary/aromatic N) is 1. The number of hydrogen-bond donors (Lipinski definition) is 1. The van der Waals surface area contributed by atoms with Crippen molar-refractivity contribution in [3.63, 3.8) is 0 Å². The second-order valence-corrected chi connectivity index (χ2v) is 4.68. The molecule has 6 nitrogen and oxygen atoms in total. The van der Waals surface area contributed by atoms with E-state index in [4.69, 9.17) is 4.74 Å². The Bertz CT molecular complexity index is 344. The normalized spacial score (nSPS) is 18.8. The molecule has 0 spiro atoms. The lowest BCUT2D eigenvalue weighted by Crippen LogP contribution is -2.49. The number of rotatable bonds is 5. The zero-order chi connectivity index (χ0) is 14.3. The van der Waals surface area contributed by atoms with Gasteiger partial charge in [0.15, 0.2) is 0 Å². The summed E-state index contributed by atoms with van der Waals surface area (Å²) in [5.41, 5.74) is 0. The molecule has 1 N–H and O–H groups in total. The fourth-order valence-corrected chi connectivity index (χ4v) is 2.21. The van der Waals surface area contributed by atoms with E-state index in [0.717, 1.165) is 12.8 Å². The molecule has 1 saturated heterocycles. The van der Waals surface area contributed by atoms with Crippen molar-refractivity contribution in [1.82, 2.24) is 10.2 Å². The Morgan fingerprint density at radius 2 is 2.05 bits per heavy atom. The highest BCUT2D eigenvalue weighted by Gasteiger charge is 2.24. The van der Waals surface area contributed by atoms with Gasteiger partial charge in [-0.3, -0.25) is 14.4 Å². The summed E-state index contributed by atoms with van der Waals surface area (Å²) in [6.07, 6.45) is 2.05. The number of likely N-dealkylation sites (tertiary alicyclic amines) is 1. The summed E-state index contributed by atoms with van der Waals surface area (Å²) in [5, 5.41) is 2.83. The predicted molar refractivity (Wildman–Crippen MR) is 69.3 cm³/mol. The summed E-state index contributed by atoms with van der Waals surface area (Å²) in [6.45, 7) is 4.77. The van der Waals surface area contributed by atoms with E-state index >= 15 is 0 Å². The van der Waals surface area contributed by atoms with Crippen LogP contribution in [0.3, 0.4) is 0 Å². The van der Waals surface area contributed by atoms with Crippen LogP contribution in [-0.4, -0.2) is 48.4 Å². The average Bonchev–Trinajstić information content (AvgIpc) is 2.36. The van der Waals surface area contributed by atoms with Crippen LogP contribution in [0.2, 0.25) is 0 Å². The van der Waals surface area contributed by atoms with E-state index in [1.54, 1.807) is 11.8 Å². The molecular formula is C13H22N2O4. The van der Waals surface area contributed by atoms with E-state index in [-0.39, 0.29) is 36.7 Å². The molecule has 1 aliphatic heterocycles. The van der Waals surface area contributed by atoms with Crippen LogP contribution in [0.5, 0.6) is 0 Å². The molecule has 108 valence electrons. The van der Waals surface area contributed by atoms with E-state index in [2.05, 4.69) is 5.32 Å². The van der Waals surface area contributed by atoms with Gasteiger partial charge in [-0.2, -0.15) is 0 Å². The molecule has 1 atom stereocenters. The topological polar surface area (TPSA) is 75.7 Å². The molecule has 0 aromatic heterocycles. The van der Waals surface area contributed by atoms with Crippen molar-refractivity contribution in [2.75, 3.05) is 19.7 Å². The van der Waals surface area contributed by atoms with Crippen LogP contribution in [0.1, 0.15) is 39.5 Å². The molecule has 0 bridgehead atoms. The lowest BCUT2D eigenvalue weighted by molar-refractivity contribution is -0.146. The first-order valence-electron chi connectivity index (χ1n) is 6.73. The van der Waals surface area contributed by atoms with Crippen LogP contribution >= 0.6 is 0 Å². The van der Waals surface area contributed by atoms with Crippen molar-refractivity contribution >= 4 is 17.8 Å². The van der Waals surface area contributed by atoms with Crippen LogP contribution in [0, 0.1) is 0 Å². The third-order valence-electron chi connectivity index (χ3n) is 3.03. The number of carbonyl (C=O) groups excluding carboxylic acids is 3. The van der Waals surface area contributed by atoms with Crippen molar-refractivity contribution in [1.29, 1.82) is 0 Å². The molecule has 0 aliphatic carbocycles. The average molecular weight is 270 g/mol.